The summed E-state index contributed by atoms with van der Waals surface area (Å²) in [4.78, 5) is 12.4. The summed E-state index contributed by atoms with van der Waals surface area (Å²) in [6.45, 7) is 0.0508. The molecule has 0 aromatic heterocycles. The second kappa shape index (κ2) is 4.07. The second-order valence-corrected chi connectivity index (χ2v) is 6.40. The third-order valence-corrected chi connectivity index (χ3v) is 4.65. The van der Waals surface area contributed by atoms with E-state index in [0.29, 0.717) is 0 Å². The van der Waals surface area contributed by atoms with Gasteiger partial charge in [0.2, 0.25) is 5.91 Å². The van der Waals surface area contributed by atoms with Crippen LogP contribution in [0.4, 0.5) is 0 Å². The van der Waals surface area contributed by atoms with Gasteiger partial charge in [0, 0.05) is 4.47 Å². The maximum absolute atomic E-state index is 12.4. The van der Waals surface area contributed by atoms with Crippen molar-refractivity contribution in [3.63, 3.8) is 0 Å². The van der Waals surface area contributed by atoms with E-state index in [-0.39, 0.29) is 23.5 Å². The van der Waals surface area contributed by atoms with Crippen molar-refractivity contribution >= 4 is 21.8 Å². The Hall–Kier alpha value is -0.870. The molecule has 0 radical (unpaired) electrons. The van der Waals surface area contributed by atoms with E-state index in [2.05, 4.69) is 21.2 Å². The molecular formula is C14H16BrNO2. The van der Waals surface area contributed by atoms with Crippen LogP contribution in [0.1, 0.15) is 31.2 Å². The number of carbonyl (C=O) groups excluding carboxylic acids is 1. The molecule has 0 saturated heterocycles. The molecule has 18 heavy (non-hydrogen) atoms. The Kier molecular flexibility index (Phi) is 2.75. The van der Waals surface area contributed by atoms with Crippen LogP contribution in [-0.4, -0.2) is 23.2 Å². The fraction of sp³-hybridized carbons (Fsp3) is 0.500. The minimum absolute atomic E-state index is 0.0508. The molecule has 0 heterocycles. The zero-order chi connectivity index (χ0) is 12.8. The van der Waals surface area contributed by atoms with Gasteiger partial charge in [-0.1, -0.05) is 28.1 Å². The van der Waals surface area contributed by atoms with Gasteiger partial charge in [-0.15, -0.1) is 0 Å². The summed E-state index contributed by atoms with van der Waals surface area (Å²) < 4.78 is 1.02. The topological polar surface area (TPSA) is 49.3 Å². The molecule has 0 atom stereocenters. The number of benzene rings is 1. The molecule has 2 aliphatic rings. The molecule has 0 aliphatic heterocycles. The Balaban J connectivity index is 1.78. The van der Waals surface area contributed by atoms with Crippen LogP contribution < -0.4 is 5.32 Å². The minimum atomic E-state index is -0.342. The quantitative estimate of drug-likeness (QED) is 0.895. The lowest BCUT2D eigenvalue weighted by atomic mass is 9.94. The molecule has 1 amide bonds. The molecule has 2 fully saturated rings. The Bertz CT molecular complexity index is 475. The van der Waals surface area contributed by atoms with Gasteiger partial charge in [0.05, 0.1) is 17.6 Å². The molecule has 2 N–H and O–H groups in total. The van der Waals surface area contributed by atoms with Gasteiger partial charge in [0.15, 0.2) is 0 Å². The predicted octanol–water partition coefficient (Wildman–Crippen LogP) is 2.12. The van der Waals surface area contributed by atoms with E-state index in [1.807, 2.05) is 24.3 Å². The van der Waals surface area contributed by atoms with Gasteiger partial charge >= 0.3 is 0 Å². The number of hydrogen-bond acceptors (Lipinski definition) is 2. The molecule has 4 heteroatoms. The van der Waals surface area contributed by atoms with Gasteiger partial charge < -0.3 is 10.4 Å². The SMILES string of the molecule is O=C(NC1(CO)CC1)C1(c2ccc(Br)cc2)CC1. The molecule has 2 aliphatic carbocycles. The number of carbonyl (C=O) groups is 1. The average Bonchev–Trinajstić information content (AvgIpc) is 3.25. The van der Waals surface area contributed by atoms with Gasteiger partial charge in [-0.25, -0.2) is 0 Å². The predicted molar refractivity (Wildman–Crippen MR) is 72.2 cm³/mol. The van der Waals surface area contributed by atoms with Crippen LogP contribution in [0.15, 0.2) is 28.7 Å². The van der Waals surface area contributed by atoms with Crippen molar-refractivity contribution in [2.45, 2.75) is 36.6 Å². The maximum atomic E-state index is 12.4. The highest BCUT2D eigenvalue weighted by Gasteiger charge is 2.55. The molecule has 3 rings (SSSR count). The fourth-order valence-corrected chi connectivity index (χ4v) is 2.64. The van der Waals surface area contributed by atoms with Gasteiger partial charge in [-0.3, -0.25) is 4.79 Å². The second-order valence-electron chi connectivity index (χ2n) is 5.48. The van der Waals surface area contributed by atoms with Crippen LogP contribution in [-0.2, 0) is 10.2 Å². The van der Waals surface area contributed by atoms with Crippen LogP contribution in [0.5, 0.6) is 0 Å². The largest absolute Gasteiger partial charge is 0.394 e. The van der Waals surface area contributed by atoms with E-state index >= 15 is 0 Å². The first kappa shape index (κ1) is 12.2. The molecule has 0 unspecified atom stereocenters. The third kappa shape index (κ3) is 1.97. The van der Waals surface area contributed by atoms with Crippen molar-refractivity contribution in [1.29, 1.82) is 0 Å². The van der Waals surface area contributed by atoms with Crippen LogP contribution in [0, 0.1) is 0 Å². The highest BCUT2D eigenvalue weighted by atomic mass is 79.9. The maximum Gasteiger partial charge on any atom is 0.231 e. The lowest BCUT2D eigenvalue weighted by Crippen LogP contribution is -2.45. The van der Waals surface area contributed by atoms with Gasteiger partial charge in [-0.2, -0.15) is 0 Å². The van der Waals surface area contributed by atoms with E-state index in [1.54, 1.807) is 0 Å². The highest BCUT2D eigenvalue weighted by molar-refractivity contribution is 9.10. The van der Waals surface area contributed by atoms with Crippen molar-refractivity contribution in [2.24, 2.45) is 0 Å². The number of hydrogen-bond donors (Lipinski definition) is 2. The highest BCUT2D eigenvalue weighted by Crippen LogP contribution is 2.49. The van der Waals surface area contributed by atoms with E-state index in [4.69, 9.17) is 0 Å². The number of aliphatic hydroxyl groups is 1. The Morgan fingerprint density at radius 2 is 1.83 bits per heavy atom. The summed E-state index contributed by atoms with van der Waals surface area (Å²) in [7, 11) is 0. The molecule has 1 aromatic rings. The lowest BCUT2D eigenvalue weighted by molar-refractivity contribution is -0.124. The van der Waals surface area contributed by atoms with Gasteiger partial charge in [-0.05, 0) is 43.4 Å². The third-order valence-electron chi connectivity index (χ3n) is 4.12. The lowest BCUT2D eigenvalue weighted by Gasteiger charge is -2.20. The summed E-state index contributed by atoms with van der Waals surface area (Å²) in [5.41, 5.74) is 0.421. The normalized spacial score (nSPS) is 22.3. The first-order valence-electron chi connectivity index (χ1n) is 6.30. The summed E-state index contributed by atoms with van der Waals surface area (Å²) in [5.74, 6) is 0.0800. The van der Waals surface area contributed by atoms with Crippen molar-refractivity contribution in [1.82, 2.24) is 5.32 Å². The molecular weight excluding hydrogens is 294 g/mol. The molecule has 0 spiro atoms. The number of amides is 1. The van der Waals surface area contributed by atoms with E-state index in [0.717, 1.165) is 35.7 Å². The van der Waals surface area contributed by atoms with Crippen molar-refractivity contribution in [3.05, 3.63) is 34.3 Å². The minimum Gasteiger partial charge on any atom is -0.394 e. The first-order chi connectivity index (χ1) is 8.60. The summed E-state index contributed by atoms with van der Waals surface area (Å²) in [6, 6.07) is 7.97. The fourth-order valence-electron chi connectivity index (χ4n) is 2.37. The van der Waals surface area contributed by atoms with Gasteiger partial charge in [0.25, 0.3) is 0 Å². The van der Waals surface area contributed by atoms with E-state index < -0.39 is 0 Å². The zero-order valence-corrected chi connectivity index (χ0v) is 11.7. The first-order valence-corrected chi connectivity index (χ1v) is 7.09. The molecule has 0 bridgehead atoms. The number of rotatable bonds is 4. The summed E-state index contributed by atoms with van der Waals surface area (Å²) in [6.07, 6.45) is 3.60. The number of halogens is 1. The number of nitrogens with one attached hydrogen (secondary N) is 1. The van der Waals surface area contributed by atoms with Crippen molar-refractivity contribution < 1.29 is 9.90 Å². The molecule has 1 aromatic carbocycles. The van der Waals surface area contributed by atoms with E-state index in [9.17, 15) is 9.90 Å². The number of aliphatic hydroxyl groups excluding tert-OH is 1. The Morgan fingerprint density at radius 3 is 2.28 bits per heavy atom. The summed E-state index contributed by atoms with van der Waals surface area (Å²) in [5, 5.41) is 12.3. The van der Waals surface area contributed by atoms with Crippen LogP contribution in [0.25, 0.3) is 0 Å². The monoisotopic (exact) mass is 309 g/mol. The van der Waals surface area contributed by atoms with E-state index in [1.165, 1.54) is 0 Å². The van der Waals surface area contributed by atoms with Gasteiger partial charge in [0.1, 0.15) is 0 Å². The zero-order valence-electron chi connectivity index (χ0n) is 10.1. The Labute approximate surface area is 115 Å². The van der Waals surface area contributed by atoms with Crippen molar-refractivity contribution in [3.8, 4) is 0 Å². The molecule has 96 valence electrons. The van der Waals surface area contributed by atoms with Crippen molar-refractivity contribution in [2.75, 3.05) is 6.61 Å². The standard InChI is InChI=1S/C14H16BrNO2/c15-11-3-1-10(2-4-11)14(7-8-14)12(18)16-13(9-17)5-6-13/h1-4,17H,5-9H2,(H,16,18). The Morgan fingerprint density at radius 1 is 1.22 bits per heavy atom. The summed E-state index contributed by atoms with van der Waals surface area (Å²) >= 11 is 3.41. The van der Waals surface area contributed by atoms with Crippen LogP contribution in [0.2, 0.25) is 0 Å². The van der Waals surface area contributed by atoms with Crippen LogP contribution >= 0.6 is 15.9 Å². The molecule has 2 saturated carbocycles. The average molecular weight is 310 g/mol. The smallest absolute Gasteiger partial charge is 0.231 e. The van der Waals surface area contributed by atoms with Crippen LogP contribution in [0.3, 0.4) is 0 Å². The molecule has 3 nitrogen and oxygen atoms in total.